The third-order valence-electron chi connectivity index (χ3n) is 2.48. The van der Waals surface area contributed by atoms with Crippen LogP contribution >= 0.6 is 11.6 Å². The molecule has 0 aliphatic rings. The number of methoxy groups -OCH3 is 1. The topological polar surface area (TPSA) is 39.2 Å². The molecule has 1 heterocycles. The number of Topliss-reactive ketones (excluding diaryl/α,β-unsaturated/α-hetero) is 1. The molecule has 0 amide bonds. The zero-order chi connectivity index (χ0) is 12.0. The van der Waals surface area contributed by atoms with Gasteiger partial charge in [-0.2, -0.15) is 0 Å². The summed E-state index contributed by atoms with van der Waals surface area (Å²) in [5.74, 6) is 0.178. The van der Waals surface area contributed by atoms with Crippen molar-refractivity contribution in [2.24, 2.45) is 0 Å². The number of carbonyl (C=O) groups excluding carboxylic acids is 1. The number of pyridine rings is 1. The van der Waals surface area contributed by atoms with Gasteiger partial charge in [-0.1, -0.05) is 11.6 Å². The Kier molecular flexibility index (Phi) is 5.43. The van der Waals surface area contributed by atoms with Crippen molar-refractivity contribution in [1.29, 1.82) is 0 Å². The van der Waals surface area contributed by atoms with Crippen LogP contribution in [0.2, 0.25) is 5.02 Å². The molecule has 3 nitrogen and oxygen atoms in total. The van der Waals surface area contributed by atoms with Crippen molar-refractivity contribution in [2.45, 2.75) is 32.3 Å². The Morgan fingerprint density at radius 2 is 2.38 bits per heavy atom. The molecule has 0 N–H and O–H groups in total. The second kappa shape index (κ2) is 6.61. The van der Waals surface area contributed by atoms with Crippen molar-refractivity contribution in [3.8, 4) is 0 Å². The molecule has 1 aromatic heterocycles. The summed E-state index contributed by atoms with van der Waals surface area (Å²) >= 11 is 5.92. The van der Waals surface area contributed by atoms with Crippen LogP contribution in [0, 0.1) is 0 Å². The fraction of sp³-hybridized carbons (Fsp3) is 0.500. The van der Waals surface area contributed by atoms with Gasteiger partial charge in [0.1, 0.15) is 5.78 Å². The highest BCUT2D eigenvalue weighted by atomic mass is 35.5. The largest absolute Gasteiger partial charge is 0.382 e. The Bertz CT molecular complexity index is 355. The summed E-state index contributed by atoms with van der Waals surface area (Å²) in [6, 6.07) is 1.78. The molecule has 0 aliphatic carbocycles. The van der Waals surface area contributed by atoms with E-state index in [4.69, 9.17) is 16.3 Å². The molecular formula is C12H16ClNO2. The minimum atomic E-state index is 0.122. The highest BCUT2D eigenvalue weighted by Crippen LogP contribution is 2.15. The number of hydrogen-bond acceptors (Lipinski definition) is 3. The van der Waals surface area contributed by atoms with Gasteiger partial charge < -0.3 is 4.74 Å². The summed E-state index contributed by atoms with van der Waals surface area (Å²) < 4.78 is 5.09. The van der Waals surface area contributed by atoms with Gasteiger partial charge in [0, 0.05) is 32.3 Å². The SMILES string of the molecule is COC(C)CCC(=O)Cc1ccncc1Cl. The van der Waals surface area contributed by atoms with Gasteiger partial charge in [-0.25, -0.2) is 0 Å². The number of hydrogen-bond donors (Lipinski definition) is 0. The molecule has 0 aliphatic heterocycles. The summed E-state index contributed by atoms with van der Waals surface area (Å²) in [4.78, 5) is 15.5. The minimum Gasteiger partial charge on any atom is -0.382 e. The lowest BCUT2D eigenvalue weighted by Gasteiger charge is -2.08. The third kappa shape index (κ3) is 4.29. The lowest BCUT2D eigenvalue weighted by Crippen LogP contribution is -2.10. The summed E-state index contributed by atoms with van der Waals surface area (Å²) in [6.45, 7) is 1.95. The average molecular weight is 242 g/mol. The van der Waals surface area contributed by atoms with E-state index in [2.05, 4.69) is 4.98 Å². The maximum atomic E-state index is 11.7. The van der Waals surface area contributed by atoms with Gasteiger partial charge in [-0.3, -0.25) is 9.78 Å². The quantitative estimate of drug-likeness (QED) is 0.769. The predicted molar refractivity (Wildman–Crippen MR) is 63.7 cm³/mol. The molecule has 0 saturated carbocycles. The highest BCUT2D eigenvalue weighted by Gasteiger charge is 2.09. The van der Waals surface area contributed by atoms with Crippen LogP contribution in [-0.4, -0.2) is 24.0 Å². The fourth-order valence-corrected chi connectivity index (χ4v) is 1.52. The second-order valence-electron chi connectivity index (χ2n) is 3.77. The van der Waals surface area contributed by atoms with Gasteiger partial charge in [0.25, 0.3) is 0 Å². The van der Waals surface area contributed by atoms with Gasteiger partial charge >= 0.3 is 0 Å². The standard InChI is InChI=1S/C12H16ClNO2/c1-9(16-2)3-4-11(15)7-10-5-6-14-8-12(10)13/h5-6,8-9H,3-4,7H2,1-2H3. The fourth-order valence-electron chi connectivity index (χ4n) is 1.33. The van der Waals surface area contributed by atoms with Gasteiger partial charge in [0.15, 0.2) is 0 Å². The van der Waals surface area contributed by atoms with Gasteiger partial charge in [0.2, 0.25) is 0 Å². The van der Waals surface area contributed by atoms with Crippen molar-refractivity contribution in [2.75, 3.05) is 7.11 Å². The van der Waals surface area contributed by atoms with Crippen LogP contribution in [0.4, 0.5) is 0 Å². The average Bonchev–Trinajstić information content (AvgIpc) is 2.29. The Balaban J connectivity index is 2.43. The van der Waals surface area contributed by atoms with Crippen molar-refractivity contribution in [3.63, 3.8) is 0 Å². The van der Waals surface area contributed by atoms with E-state index in [1.807, 2.05) is 6.92 Å². The van der Waals surface area contributed by atoms with E-state index in [-0.39, 0.29) is 11.9 Å². The summed E-state index contributed by atoms with van der Waals surface area (Å²) in [7, 11) is 1.65. The molecular weight excluding hydrogens is 226 g/mol. The van der Waals surface area contributed by atoms with Crippen LogP contribution in [0.3, 0.4) is 0 Å². The van der Waals surface area contributed by atoms with Crippen molar-refractivity contribution < 1.29 is 9.53 Å². The first kappa shape index (κ1) is 13.1. The van der Waals surface area contributed by atoms with Crippen LogP contribution < -0.4 is 0 Å². The molecule has 1 aromatic rings. The van der Waals surface area contributed by atoms with E-state index in [1.54, 1.807) is 25.6 Å². The van der Waals surface area contributed by atoms with E-state index >= 15 is 0 Å². The lowest BCUT2D eigenvalue weighted by atomic mass is 10.1. The van der Waals surface area contributed by atoms with Crippen LogP contribution in [-0.2, 0) is 16.0 Å². The minimum absolute atomic E-state index is 0.122. The van der Waals surface area contributed by atoms with E-state index in [9.17, 15) is 4.79 Å². The first-order valence-electron chi connectivity index (χ1n) is 5.26. The van der Waals surface area contributed by atoms with Crippen molar-refractivity contribution in [3.05, 3.63) is 29.0 Å². The first-order chi connectivity index (χ1) is 7.63. The maximum Gasteiger partial charge on any atom is 0.137 e. The number of halogens is 1. The van der Waals surface area contributed by atoms with Crippen LogP contribution in [0.15, 0.2) is 18.5 Å². The molecule has 4 heteroatoms. The molecule has 16 heavy (non-hydrogen) atoms. The smallest absolute Gasteiger partial charge is 0.137 e. The monoisotopic (exact) mass is 241 g/mol. The molecule has 0 saturated heterocycles. The number of nitrogens with zero attached hydrogens (tertiary/aromatic N) is 1. The number of carbonyl (C=O) groups is 1. The Morgan fingerprint density at radius 1 is 1.62 bits per heavy atom. The second-order valence-corrected chi connectivity index (χ2v) is 4.17. The molecule has 1 rings (SSSR count). The Morgan fingerprint density at radius 3 is 3.00 bits per heavy atom. The molecule has 1 atom stereocenters. The molecule has 0 fully saturated rings. The lowest BCUT2D eigenvalue weighted by molar-refractivity contribution is -0.119. The predicted octanol–water partition coefficient (Wildman–Crippen LogP) is 2.66. The number of ketones is 1. The number of aromatic nitrogens is 1. The van der Waals surface area contributed by atoms with Gasteiger partial charge in [-0.15, -0.1) is 0 Å². The van der Waals surface area contributed by atoms with E-state index in [0.717, 1.165) is 12.0 Å². The molecule has 0 bridgehead atoms. The first-order valence-corrected chi connectivity index (χ1v) is 5.64. The zero-order valence-electron chi connectivity index (χ0n) is 9.57. The summed E-state index contributed by atoms with van der Waals surface area (Å²) in [5.41, 5.74) is 0.840. The molecule has 88 valence electrons. The highest BCUT2D eigenvalue weighted by molar-refractivity contribution is 6.31. The summed E-state index contributed by atoms with van der Waals surface area (Å²) in [5, 5.41) is 0.552. The molecule has 0 spiro atoms. The van der Waals surface area contributed by atoms with Crippen molar-refractivity contribution in [1.82, 2.24) is 4.98 Å². The van der Waals surface area contributed by atoms with Crippen LogP contribution in [0.25, 0.3) is 0 Å². The maximum absolute atomic E-state index is 11.7. The van der Waals surface area contributed by atoms with E-state index in [1.165, 1.54) is 0 Å². The molecule has 0 radical (unpaired) electrons. The van der Waals surface area contributed by atoms with Crippen LogP contribution in [0.5, 0.6) is 0 Å². The van der Waals surface area contributed by atoms with Crippen molar-refractivity contribution >= 4 is 17.4 Å². The molecule has 0 aromatic carbocycles. The van der Waals surface area contributed by atoms with E-state index in [0.29, 0.717) is 17.9 Å². The summed E-state index contributed by atoms with van der Waals surface area (Å²) in [6.07, 6.45) is 4.97. The van der Waals surface area contributed by atoms with E-state index < -0.39 is 0 Å². The number of ether oxygens (including phenoxy) is 1. The normalized spacial score (nSPS) is 12.4. The zero-order valence-corrected chi connectivity index (χ0v) is 10.3. The third-order valence-corrected chi connectivity index (χ3v) is 2.82. The van der Waals surface area contributed by atoms with Gasteiger partial charge in [0.05, 0.1) is 11.1 Å². The Labute approximate surface area is 101 Å². The molecule has 1 unspecified atom stereocenters. The van der Waals surface area contributed by atoms with Crippen LogP contribution in [0.1, 0.15) is 25.3 Å². The Hall–Kier alpha value is -0.930. The number of rotatable bonds is 6. The van der Waals surface area contributed by atoms with Gasteiger partial charge in [-0.05, 0) is 25.0 Å².